The number of fused-ring (bicyclic) bond motifs is 3. The number of anilines is 2. The third-order valence-electron chi connectivity index (χ3n) is 4.20. The monoisotopic (exact) mass is 314 g/mol. The van der Waals surface area contributed by atoms with Gasteiger partial charge in [0.25, 0.3) is 5.88 Å². The minimum Gasteiger partial charge on any atom is -0.581 e. The van der Waals surface area contributed by atoms with E-state index in [-0.39, 0.29) is 11.6 Å². The van der Waals surface area contributed by atoms with Crippen molar-refractivity contribution in [3.05, 3.63) is 70.4 Å². The summed E-state index contributed by atoms with van der Waals surface area (Å²) >= 11 is 0. The first-order chi connectivity index (χ1) is 11.1. The Morgan fingerprint density at radius 1 is 1.22 bits per heavy atom. The number of para-hydroxylation sites is 1. The van der Waals surface area contributed by atoms with Crippen molar-refractivity contribution in [1.82, 2.24) is 4.98 Å². The fourth-order valence-corrected chi connectivity index (χ4v) is 3.08. The molecule has 0 saturated heterocycles. The van der Waals surface area contributed by atoms with E-state index in [1.165, 1.54) is 22.3 Å². The Labute approximate surface area is 132 Å². The van der Waals surface area contributed by atoms with E-state index in [0.717, 1.165) is 11.3 Å². The number of aryl methyl sites for hydroxylation is 2. The van der Waals surface area contributed by atoms with Gasteiger partial charge in [-0.05, 0) is 37.1 Å². The fourth-order valence-electron chi connectivity index (χ4n) is 3.08. The number of allylic oxidation sites excluding steroid dienone is 1. The minimum absolute atomic E-state index is 0.158. The summed E-state index contributed by atoms with van der Waals surface area (Å²) in [5.74, 6) is -0.626. The Bertz CT molecular complexity index is 806. The van der Waals surface area contributed by atoms with Gasteiger partial charge in [0.2, 0.25) is 0 Å². The molecule has 4 rings (SSSR count). The van der Waals surface area contributed by atoms with Gasteiger partial charge in [0.05, 0.1) is 6.20 Å². The van der Waals surface area contributed by atoms with Crippen LogP contribution in [0.3, 0.4) is 0 Å². The second-order valence-electron chi connectivity index (χ2n) is 5.63. The molecule has 0 bridgehead atoms. The maximum Gasteiger partial charge on any atom is 0.267 e. The average Bonchev–Trinajstić information content (AvgIpc) is 2.80. The van der Waals surface area contributed by atoms with Crippen molar-refractivity contribution >= 4 is 11.4 Å². The van der Waals surface area contributed by atoms with Crippen LogP contribution in [0.1, 0.15) is 17.7 Å². The summed E-state index contributed by atoms with van der Waals surface area (Å²) < 4.78 is 14.3. The van der Waals surface area contributed by atoms with Crippen LogP contribution >= 0.6 is 0 Å². The van der Waals surface area contributed by atoms with Gasteiger partial charge in [-0.1, -0.05) is 12.1 Å². The molecule has 0 fully saturated rings. The van der Waals surface area contributed by atoms with Gasteiger partial charge >= 0.3 is 0 Å². The lowest BCUT2D eigenvalue weighted by Crippen LogP contribution is -3.19. The number of halogens is 1. The quantitative estimate of drug-likeness (QED) is 0.785. The van der Waals surface area contributed by atoms with Gasteiger partial charge in [-0.3, -0.25) is 4.98 Å². The SMILES string of the molecule is Cc1ccc(N2C(O)=C3CCc4cccc(F)c4N3[NH+]2[O-])cn1. The summed E-state index contributed by atoms with van der Waals surface area (Å²) in [6, 6.07) is 8.22. The van der Waals surface area contributed by atoms with Crippen LogP contribution in [0.15, 0.2) is 48.1 Å². The van der Waals surface area contributed by atoms with E-state index in [1.54, 1.807) is 24.3 Å². The molecule has 3 heterocycles. The van der Waals surface area contributed by atoms with Crippen LogP contribution < -0.4 is 15.3 Å². The second-order valence-corrected chi connectivity index (χ2v) is 5.63. The number of nitrogens with one attached hydrogen (secondary N) is 1. The topological polar surface area (TPSA) is 67.1 Å². The number of rotatable bonds is 1. The summed E-state index contributed by atoms with van der Waals surface area (Å²) in [6.07, 6.45) is 2.57. The predicted octanol–water partition coefficient (Wildman–Crippen LogP) is 1.74. The van der Waals surface area contributed by atoms with E-state index >= 15 is 0 Å². The largest absolute Gasteiger partial charge is 0.581 e. The molecule has 1 aromatic heterocycles. The fraction of sp³-hybridized carbons (Fsp3) is 0.188. The summed E-state index contributed by atoms with van der Waals surface area (Å²) in [7, 11) is 0. The van der Waals surface area contributed by atoms with E-state index in [4.69, 9.17) is 0 Å². The maximum absolute atomic E-state index is 14.3. The van der Waals surface area contributed by atoms with Crippen LogP contribution in [0.4, 0.5) is 15.8 Å². The average molecular weight is 314 g/mol. The number of aliphatic hydroxyl groups excluding tert-OH is 1. The molecule has 118 valence electrons. The molecule has 1 aromatic carbocycles. The highest BCUT2D eigenvalue weighted by Crippen LogP contribution is 2.36. The molecular weight excluding hydrogens is 299 g/mol. The van der Waals surface area contributed by atoms with Gasteiger partial charge in [0.1, 0.15) is 17.1 Å². The number of pyridine rings is 1. The lowest BCUT2D eigenvalue weighted by molar-refractivity contribution is -0.854. The second kappa shape index (κ2) is 4.94. The highest BCUT2D eigenvalue weighted by Gasteiger charge is 2.43. The highest BCUT2D eigenvalue weighted by molar-refractivity contribution is 5.63. The Morgan fingerprint density at radius 2 is 2.04 bits per heavy atom. The molecule has 0 amide bonds. The molecule has 0 aliphatic carbocycles. The standard InChI is InChI=1S/C16H15FN4O2/c1-10-5-7-12(9-18-10)19-16(22)14-8-6-11-3-2-4-13(17)15(11)20(14)21(19)23/h2-5,7,9,21-22H,6,8H2,1H3. The lowest BCUT2D eigenvalue weighted by atomic mass is 10.0. The molecule has 23 heavy (non-hydrogen) atoms. The summed E-state index contributed by atoms with van der Waals surface area (Å²) in [4.78, 5) is 4.15. The van der Waals surface area contributed by atoms with E-state index in [2.05, 4.69) is 4.98 Å². The smallest absolute Gasteiger partial charge is 0.267 e. The Morgan fingerprint density at radius 3 is 2.78 bits per heavy atom. The summed E-state index contributed by atoms with van der Waals surface area (Å²) in [6.45, 7) is 1.84. The molecule has 2 aromatic rings. The van der Waals surface area contributed by atoms with Gasteiger partial charge in [0, 0.05) is 12.1 Å². The number of hydrogen-bond donors (Lipinski definition) is 2. The first-order valence-corrected chi connectivity index (χ1v) is 7.34. The summed E-state index contributed by atoms with van der Waals surface area (Å²) in [5, 5.41) is 25.2. The van der Waals surface area contributed by atoms with E-state index < -0.39 is 11.1 Å². The van der Waals surface area contributed by atoms with Crippen LogP contribution in [-0.4, -0.2) is 10.1 Å². The number of hydrogen-bond acceptors (Lipinski definition) is 5. The van der Waals surface area contributed by atoms with Crippen LogP contribution in [0.25, 0.3) is 0 Å². The molecular formula is C16H15FN4O2. The van der Waals surface area contributed by atoms with Crippen molar-refractivity contribution in [3.63, 3.8) is 0 Å². The van der Waals surface area contributed by atoms with Crippen LogP contribution in [0.2, 0.25) is 0 Å². The van der Waals surface area contributed by atoms with Gasteiger partial charge in [0.15, 0.2) is 5.82 Å². The Balaban J connectivity index is 1.83. The van der Waals surface area contributed by atoms with Crippen molar-refractivity contribution in [2.45, 2.75) is 19.8 Å². The molecule has 1 unspecified atom stereocenters. The van der Waals surface area contributed by atoms with E-state index in [0.29, 0.717) is 24.2 Å². The summed E-state index contributed by atoms with van der Waals surface area (Å²) in [5.41, 5.74) is 2.68. The van der Waals surface area contributed by atoms with Gasteiger partial charge in [-0.2, -0.15) is 10.3 Å². The Kier molecular flexibility index (Phi) is 3.00. The third kappa shape index (κ3) is 1.97. The van der Waals surface area contributed by atoms with Crippen molar-refractivity contribution in [2.24, 2.45) is 0 Å². The number of aromatic nitrogens is 1. The molecule has 2 aliphatic heterocycles. The molecule has 2 aliphatic rings. The van der Waals surface area contributed by atoms with Crippen molar-refractivity contribution in [3.8, 4) is 0 Å². The number of nitrogens with zero attached hydrogens (tertiary/aromatic N) is 3. The maximum atomic E-state index is 14.3. The van der Waals surface area contributed by atoms with E-state index in [9.17, 15) is 14.7 Å². The molecule has 2 N–H and O–H groups in total. The molecule has 0 radical (unpaired) electrons. The van der Waals surface area contributed by atoms with Crippen molar-refractivity contribution in [1.29, 1.82) is 0 Å². The van der Waals surface area contributed by atoms with Crippen LogP contribution in [-0.2, 0) is 6.42 Å². The zero-order chi connectivity index (χ0) is 16.1. The van der Waals surface area contributed by atoms with Gasteiger partial charge < -0.3 is 10.3 Å². The number of quaternary nitrogens is 1. The highest BCUT2D eigenvalue weighted by atomic mass is 19.1. The molecule has 6 nitrogen and oxygen atoms in total. The first kappa shape index (κ1) is 14.0. The van der Waals surface area contributed by atoms with Crippen LogP contribution in [0.5, 0.6) is 0 Å². The zero-order valence-corrected chi connectivity index (χ0v) is 12.5. The van der Waals surface area contributed by atoms with Crippen molar-refractivity contribution in [2.75, 3.05) is 10.0 Å². The number of aliphatic hydroxyl groups is 1. The lowest BCUT2D eigenvalue weighted by Gasteiger charge is -2.36. The third-order valence-corrected chi connectivity index (χ3v) is 4.20. The molecule has 0 spiro atoms. The zero-order valence-electron chi connectivity index (χ0n) is 12.5. The van der Waals surface area contributed by atoms with Crippen molar-refractivity contribution < 1.29 is 14.8 Å². The van der Waals surface area contributed by atoms with E-state index in [1.807, 2.05) is 6.92 Å². The van der Waals surface area contributed by atoms with Crippen LogP contribution in [0, 0.1) is 17.9 Å². The first-order valence-electron chi connectivity index (χ1n) is 7.34. The minimum atomic E-state index is -0.491. The molecule has 0 saturated carbocycles. The normalized spacial score (nSPS) is 19.9. The number of benzene rings is 1. The molecule has 7 heteroatoms. The predicted molar refractivity (Wildman–Crippen MR) is 82.6 cm³/mol. The van der Waals surface area contributed by atoms with Gasteiger partial charge in [-0.15, -0.1) is 5.01 Å². The Hall–Kier alpha value is -2.64. The van der Waals surface area contributed by atoms with Gasteiger partial charge in [-0.25, -0.2) is 4.39 Å². The molecule has 1 atom stereocenters.